The van der Waals surface area contributed by atoms with E-state index in [1.54, 1.807) is 11.3 Å². The van der Waals surface area contributed by atoms with Crippen molar-refractivity contribution in [2.24, 2.45) is 5.92 Å². The van der Waals surface area contributed by atoms with Crippen molar-refractivity contribution in [1.82, 2.24) is 20.3 Å². The number of nitrogens with zero attached hydrogens (tertiary/aromatic N) is 2. The van der Waals surface area contributed by atoms with Crippen molar-refractivity contribution in [3.05, 3.63) is 45.7 Å². The summed E-state index contributed by atoms with van der Waals surface area (Å²) in [6.45, 7) is 8.23. The van der Waals surface area contributed by atoms with Crippen molar-refractivity contribution in [2.75, 3.05) is 0 Å². The third-order valence-electron chi connectivity index (χ3n) is 4.36. The summed E-state index contributed by atoms with van der Waals surface area (Å²) in [4.78, 5) is 25.9. The number of fused-ring (bicyclic) bond motifs is 1. The van der Waals surface area contributed by atoms with E-state index in [2.05, 4.69) is 47.1 Å². The number of aromatic nitrogens is 3. The molecule has 0 saturated heterocycles. The van der Waals surface area contributed by atoms with Crippen molar-refractivity contribution in [2.45, 2.75) is 46.6 Å². The lowest BCUT2D eigenvalue weighted by Gasteiger charge is -2.20. The summed E-state index contributed by atoms with van der Waals surface area (Å²) >= 11 is 1.61. The van der Waals surface area contributed by atoms with E-state index in [0.717, 1.165) is 29.0 Å². The largest absolute Gasteiger partial charge is 0.346 e. The number of hydrogen-bond donors (Lipinski definition) is 2. The Bertz CT molecular complexity index is 881. The van der Waals surface area contributed by atoms with Gasteiger partial charge >= 0.3 is 0 Å². The van der Waals surface area contributed by atoms with Gasteiger partial charge in [-0.05, 0) is 43.9 Å². The Hall–Kier alpha value is -2.21. The Labute approximate surface area is 151 Å². The maximum Gasteiger partial charge on any atom is 0.220 e. The van der Waals surface area contributed by atoms with Crippen LogP contribution >= 0.6 is 11.3 Å². The molecule has 0 aliphatic heterocycles. The average molecular weight is 356 g/mol. The van der Waals surface area contributed by atoms with Gasteiger partial charge in [-0.2, -0.15) is 0 Å². The van der Waals surface area contributed by atoms with Crippen molar-refractivity contribution in [3.63, 3.8) is 0 Å². The molecule has 2 heterocycles. The first-order valence-corrected chi connectivity index (χ1v) is 9.46. The minimum absolute atomic E-state index is 0.0446. The molecule has 132 valence electrons. The number of carbonyl (C=O) groups is 1. The molecule has 3 rings (SSSR count). The quantitative estimate of drug-likeness (QED) is 0.699. The Kier molecular flexibility index (Phi) is 5.18. The monoisotopic (exact) mass is 356 g/mol. The van der Waals surface area contributed by atoms with Gasteiger partial charge in [0.1, 0.15) is 5.82 Å². The Morgan fingerprint density at radius 2 is 2.12 bits per heavy atom. The summed E-state index contributed by atoms with van der Waals surface area (Å²) in [7, 11) is 0. The predicted octanol–water partition coefficient (Wildman–Crippen LogP) is 4.08. The molecule has 5 nitrogen and oxygen atoms in total. The molecule has 0 spiro atoms. The molecule has 25 heavy (non-hydrogen) atoms. The van der Waals surface area contributed by atoms with Gasteiger partial charge in [-0.1, -0.05) is 19.9 Å². The number of carbonyl (C=O) groups excluding carboxylic acids is 1. The van der Waals surface area contributed by atoms with E-state index in [1.165, 1.54) is 10.4 Å². The van der Waals surface area contributed by atoms with E-state index < -0.39 is 0 Å². The highest BCUT2D eigenvalue weighted by molar-refractivity contribution is 7.09. The van der Waals surface area contributed by atoms with Crippen molar-refractivity contribution >= 4 is 28.3 Å². The van der Waals surface area contributed by atoms with Crippen LogP contribution < -0.4 is 5.32 Å². The Balaban J connectivity index is 1.71. The van der Waals surface area contributed by atoms with Crippen LogP contribution in [0.3, 0.4) is 0 Å². The molecular formula is C19H24N4OS. The first kappa shape index (κ1) is 17.6. The molecule has 1 unspecified atom stereocenters. The topological polar surface area (TPSA) is 70.7 Å². The van der Waals surface area contributed by atoms with E-state index in [9.17, 15) is 4.79 Å². The number of rotatable bonds is 6. The second kappa shape index (κ2) is 7.35. The van der Waals surface area contributed by atoms with Crippen LogP contribution in [0.5, 0.6) is 0 Å². The van der Waals surface area contributed by atoms with Crippen LogP contribution in [0, 0.1) is 19.8 Å². The second-order valence-corrected chi connectivity index (χ2v) is 7.73. The van der Waals surface area contributed by atoms with Crippen LogP contribution in [0.25, 0.3) is 11.0 Å². The van der Waals surface area contributed by atoms with E-state index in [0.29, 0.717) is 6.42 Å². The lowest BCUT2D eigenvalue weighted by Crippen LogP contribution is -2.32. The minimum atomic E-state index is -0.122. The SMILES string of the molecule is Cc1ccc2nc(C(NC(=O)CCc3scnc3C)C(C)C)[nH]c2c1. The fourth-order valence-corrected chi connectivity index (χ4v) is 3.66. The van der Waals surface area contributed by atoms with Crippen LogP contribution in [0.1, 0.15) is 48.3 Å². The number of hydrogen-bond acceptors (Lipinski definition) is 4. The number of thiazole rings is 1. The number of nitrogens with one attached hydrogen (secondary N) is 2. The highest BCUT2D eigenvalue weighted by Gasteiger charge is 2.22. The van der Waals surface area contributed by atoms with Gasteiger partial charge in [0.15, 0.2) is 0 Å². The maximum atomic E-state index is 12.4. The molecule has 0 bridgehead atoms. The van der Waals surface area contributed by atoms with Crippen LogP contribution in [0.4, 0.5) is 0 Å². The van der Waals surface area contributed by atoms with Gasteiger partial charge < -0.3 is 10.3 Å². The van der Waals surface area contributed by atoms with Crippen LogP contribution in [0.15, 0.2) is 23.7 Å². The highest BCUT2D eigenvalue weighted by Crippen LogP contribution is 2.23. The molecule has 0 radical (unpaired) electrons. The number of imidazole rings is 1. The van der Waals surface area contributed by atoms with Gasteiger partial charge in [-0.25, -0.2) is 9.97 Å². The number of benzene rings is 1. The lowest BCUT2D eigenvalue weighted by atomic mass is 10.0. The van der Waals surface area contributed by atoms with E-state index in [-0.39, 0.29) is 17.9 Å². The molecular weight excluding hydrogens is 332 g/mol. The van der Waals surface area contributed by atoms with Gasteiger partial charge in [0.2, 0.25) is 5.91 Å². The van der Waals surface area contributed by atoms with Crippen molar-refractivity contribution < 1.29 is 4.79 Å². The summed E-state index contributed by atoms with van der Waals surface area (Å²) in [6, 6.07) is 6.02. The van der Waals surface area contributed by atoms with Gasteiger partial charge in [0.05, 0.1) is 28.3 Å². The molecule has 0 aliphatic rings. The van der Waals surface area contributed by atoms with E-state index >= 15 is 0 Å². The third-order valence-corrected chi connectivity index (χ3v) is 5.35. The van der Waals surface area contributed by atoms with Crippen LogP contribution in [-0.2, 0) is 11.2 Å². The summed E-state index contributed by atoms with van der Waals surface area (Å²) < 4.78 is 0. The molecule has 0 aliphatic carbocycles. The molecule has 6 heteroatoms. The van der Waals surface area contributed by atoms with Gasteiger partial charge in [-0.15, -0.1) is 11.3 Å². The first-order chi connectivity index (χ1) is 11.9. The first-order valence-electron chi connectivity index (χ1n) is 8.58. The number of aromatic amines is 1. The van der Waals surface area contributed by atoms with Gasteiger partial charge in [-0.3, -0.25) is 4.79 Å². The molecule has 2 N–H and O–H groups in total. The molecule has 0 fully saturated rings. The molecule has 1 aromatic carbocycles. The van der Waals surface area contributed by atoms with Gasteiger partial charge in [0, 0.05) is 11.3 Å². The van der Waals surface area contributed by atoms with Crippen LogP contribution in [0.2, 0.25) is 0 Å². The zero-order chi connectivity index (χ0) is 18.0. The predicted molar refractivity (Wildman–Crippen MR) is 102 cm³/mol. The van der Waals surface area contributed by atoms with Crippen molar-refractivity contribution in [1.29, 1.82) is 0 Å². The Morgan fingerprint density at radius 3 is 2.80 bits per heavy atom. The molecule has 2 aromatic heterocycles. The second-order valence-electron chi connectivity index (χ2n) is 6.79. The zero-order valence-electron chi connectivity index (χ0n) is 15.1. The molecule has 1 amide bonds. The molecule has 0 saturated carbocycles. The normalized spacial score (nSPS) is 12.7. The molecule has 1 atom stereocenters. The maximum absolute atomic E-state index is 12.4. The summed E-state index contributed by atoms with van der Waals surface area (Å²) in [5.41, 5.74) is 5.98. The fourth-order valence-electron chi connectivity index (χ4n) is 2.88. The lowest BCUT2D eigenvalue weighted by molar-refractivity contribution is -0.122. The minimum Gasteiger partial charge on any atom is -0.346 e. The van der Waals surface area contributed by atoms with Crippen molar-refractivity contribution in [3.8, 4) is 0 Å². The third kappa shape index (κ3) is 4.07. The Morgan fingerprint density at radius 1 is 1.32 bits per heavy atom. The summed E-state index contributed by atoms with van der Waals surface area (Å²) in [5, 5.41) is 3.14. The highest BCUT2D eigenvalue weighted by atomic mass is 32.1. The number of amides is 1. The zero-order valence-corrected chi connectivity index (χ0v) is 15.9. The average Bonchev–Trinajstić information content (AvgIpc) is 3.15. The van der Waals surface area contributed by atoms with E-state index in [1.807, 2.05) is 24.6 Å². The smallest absolute Gasteiger partial charge is 0.220 e. The van der Waals surface area contributed by atoms with E-state index in [4.69, 9.17) is 0 Å². The standard InChI is InChI=1S/C19H24N4OS/c1-11(2)18(19-21-14-6-5-12(3)9-15(14)22-19)23-17(24)8-7-16-13(4)20-10-25-16/h5-6,9-11,18H,7-8H2,1-4H3,(H,21,22)(H,23,24). The number of H-pyrrole nitrogens is 1. The molecule has 3 aromatic rings. The van der Waals surface area contributed by atoms with Gasteiger partial charge in [0.25, 0.3) is 0 Å². The summed E-state index contributed by atoms with van der Waals surface area (Å²) in [5.74, 6) is 1.11. The fraction of sp³-hybridized carbons (Fsp3) is 0.421. The van der Waals surface area contributed by atoms with Crippen LogP contribution in [-0.4, -0.2) is 20.9 Å². The number of aryl methyl sites for hydroxylation is 3. The summed E-state index contributed by atoms with van der Waals surface area (Å²) in [6.07, 6.45) is 1.19.